The lowest BCUT2D eigenvalue weighted by Crippen LogP contribution is -2.36. The van der Waals surface area contributed by atoms with E-state index in [0.29, 0.717) is 13.1 Å². The number of halogens is 1. The zero-order valence-electron chi connectivity index (χ0n) is 13.4. The first-order chi connectivity index (χ1) is 10.7. The number of rotatable bonds is 5. The van der Waals surface area contributed by atoms with Gasteiger partial charge in [0, 0.05) is 20.8 Å². The summed E-state index contributed by atoms with van der Waals surface area (Å²) in [5.41, 5.74) is -0.0610. The lowest BCUT2D eigenvalue weighted by molar-refractivity contribution is 0.123. The molecule has 0 atom stereocenters. The maximum Gasteiger partial charge on any atom is 0.407 e. The van der Waals surface area contributed by atoms with Crippen molar-refractivity contribution in [3.8, 4) is 0 Å². The first kappa shape index (κ1) is 18.4. The fourth-order valence-corrected chi connectivity index (χ4v) is 5.24. The summed E-state index contributed by atoms with van der Waals surface area (Å²) in [4.78, 5) is 15.2. The van der Waals surface area contributed by atoms with Gasteiger partial charge in [0.2, 0.25) is 0 Å². The van der Waals surface area contributed by atoms with E-state index in [1.807, 2.05) is 45.0 Å². The van der Waals surface area contributed by atoms with Gasteiger partial charge in [0.15, 0.2) is 0 Å². The first-order valence-corrected chi connectivity index (χ1v) is 9.66. The van der Waals surface area contributed by atoms with Crippen LogP contribution in [0.3, 0.4) is 0 Å². The second-order valence-corrected chi connectivity index (χ2v) is 9.80. The number of carboxylic acid groups (broad SMARTS) is 1. The molecule has 1 N–H and O–H groups in total. The van der Waals surface area contributed by atoms with E-state index in [4.69, 9.17) is 0 Å². The molecule has 2 aromatic rings. The Morgan fingerprint density at radius 1 is 1.30 bits per heavy atom. The van der Waals surface area contributed by atoms with E-state index in [-0.39, 0.29) is 5.41 Å². The molecule has 3 nitrogen and oxygen atoms in total. The smallest absolute Gasteiger partial charge is 0.407 e. The monoisotopic (exact) mass is 413 g/mol. The van der Waals surface area contributed by atoms with Crippen molar-refractivity contribution in [2.75, 3.05) is 6.54 Å². The lowest BCUT2D eigenvalue weighted by Gasteiger charge is -2.27. The fourth-order valence-electron chi connectivity index (χ4n) is 2.09. The van der Waals surface area contributed by atoms with Crippen LogP contribution in [0.25, 0.3) is 0 Å². The molecule has 0 unspecified atom stereocenters. The van der Waals surface area contributed by atoms with E-state index in [1.54, 1.807) is 23.1 Å². The zero-order valence-corrected chi connectivity index (χ0v) is 16.6. The Labute approximate surface area is 153 Å². The molecular formula is C17H20BrNO2S2. The molecule has 0 spiro atoms. The topological polar surface area (TPSA) is 40.5 Å². The quantitative estimate of drug-likeness (QED) is 0.634. The Bertz CT molecular complexity index is 665. The summed E-state index contributed by atoms with van der Waals surface area (Å²) >= 11 is 6.91. The number of hydrogen-bond acceptors (Lipinski definition) is 3. The highest BCUT2D eigenvalue weighted by Gasteiger charge is 2.22. The predicted molar refractivity (Wildman–Crippen MR) is 100 cm³/mol. The average molecular weight is 414 g/mol. The van der Waals surface area contributed by atoms with Crippen LogP contribution < -0.4 is 0 Å². The van der Waals surface area contributed by atoms with Crippen molar-refractivity contribution in [2.45, 2.75) is 36.4 Å². The van der Waals surface area contributed by atoms with E-state index >= 15 is 0 Å². The van der Waals surface area contributed by atoms with Gasteiger partial charge in [-0.3, -0.25) is 0 Å². The molecular weight excluding hydrogens is 394 g/mol. The minimum absolute atomic E-state index is 0.0610. The third kappa shape index (κ3) is 5.86. The Hall–Kier alpha value is -0.980. The molecule has 0 radical (unpaired) electrons. The van der Waals surface area contributed by atoms with Gasteiger partial charge >= 0.3 is 6.09 Å². The molecule has 1 amide bonds. The van der Waals surface area contributed by atoms with E-state index in [1.165, 1.54) is 9.80 Å². The molecule has 1 aromatic carbocycles. The second-order valence-electron chi connectivity index (χ2n) is 6.46. The molecule has 0 saturated carbocycles. The summed E-state index contributed by atoms with van der Waals surface area (Å²) in [6.07, 6.45) is -0.873. The second kappa shape index (κ2) is 7.73. The van der Waals surface area contributed by atoms with Crippen LogP contribution in [0.4, 0.5) is 4.79 Å². The normalized spacial score (nSPS) is 11.5. The predicted octanol–water partition coefficient (Wildman–Crippen LogP) is 6.19. The summed E-state index contributed by atoms with van der Waals surface area (Å²) in [5, 5.41) is 9.42. The van der Waals surface area contributed by atoms with Crippen molar-refractivity contribution in [1.29, 1.82) is 0 Å². The Morgan fingerprint density at radius 2 is 1.96 bits per heavy atom. The highest BCUT2D eigenvalue weighted by atomic mass is 79.9. The third-order valence-electron chi connectivity index (χ3n) is 2.94. The van der Waals surface area contributed by atoms with Crippen LogP contribution in [-0.2, 0) is 6.54 Å². The molecule has 2 rings (SSSR count). The first-order valence-electron chi connectivity index (χ1n) is 7.23. The van der Waals surface area contributed by atoms with Gasteiger partial charge < -0.3 is 10.0 Å². The Balaban J connectivity index is 2.11. The number of nitrogens with zero attached hydrogens (tertiary/aromatic N) is 1. The highest BCUT2D eigenvalue weighted by molar-refractivity contribution is 9.10. The van der Waals surface area contributed by atoms with Crippen molar-refractivity contribution in [3.05, 3.63) is 45.7 Å². The molecule has 124 valence electrons. The average Bonchev–Trinajstić information content (AvgIpc) is 2.78. The molecule has 0 fully saturated rings. The van der Waals surface area contributed by atoms with E-state index in [0.717, 1.165) is 13.6 Å². The van der Waals surface area contributed by atoms with Crippen molar-refractivity contribution in [1.82, 2.24) is 4.90 Å². The molecule has 0 aliphatic rings. The van der Waals surface area contributed by atoms with Crippen LogP contribution >= 0.6 is 39.0 Å². The van der Waals surface area contributed by atoms with Crippen molar-refractivity contribution in [3.63, 3.8) is 0 Å². The van der Waals surface area contributed by atoms with Gasteiger partial charge in [-0.1, -0.05) is 50.7 Å². The van der Waals surface area contributed by atoms with Gasteiger partial charge in [-0.25, -0.2) is 4.79 Å². The molecule has 1 aromatic heterocycles. The SMILES string of the molecule is CC(C)(C)CN(Cc1cc(Br)c(Sc2ccccc2)s1)C(=O)O. The van der Waals surface area contributed by atoms with Crippen LogP contribution in [0, 0.1) is 5.41 Å². The molecule has 6 heteroatoms. The maximum atomic E-state index is 11.5. The molecule has 23 heavy (non-hydrogen) atoms. The standard InChI is InChI=1S/C17H20BrNO2S2/c1-17(2,3)11-19(16(20)21)10-13-9-14(18)15(23-13)22-12-7-5-4-6-8-12/h4-9H,10-11H2,1-3H3,(H,20,21). The van der Waals surface area contributed by atoms with Gasteiger partial charge in [-0.15, -0.1) is 11.3 Å². The minimum Gasteiger partial charge on any atom is -0.465 e. The largest absolute Gasteiger partial charge is 0.465 e. The fraction of sp³-hybridized carbons (Fsp3) is 0.353. The van der Waals surface area contributed by atoms with E-state index in [9.17, 15) is 9.90 Å². The van der Waals surface area contributed by atoms with Gasteiger partial charge in [0.1, 0.15) is 0 Å². The minimum atomic E-state index is -0.873. The van der Waals surface area contributed by atoms with E-state index < -0.39 is 6.09 Å². The Morgan fingerprint density at radius 3 is 2.52 bits per heavy atom. The summed E-state index contributed by atoms with van der Waals surface area (Å²) in [6, 6.07) is 12.2. The molecule has 0 aliphatic heterocycles. The van der Waals surface area contributed by atoms with Crippen LogP contribution in [-0.4, -0.2) is 22.6 Å². The molecule has 0 aliphatic carbocycles. The zero-order chi connectivity index (χ0) is 17.0. The summed E-state index contributed by atoms with van der Waals surface area (Å²) in [6.45, 7) is 7.07. The lowest BCUT2D eigenvalue weighted by atomic mass is 9.96. The van der Waals surface area contributed by atoms with Gasteiger partial charge in [-0.2, -0.15) is 0 Å². The molecule has 1 heterocycles. The number of amides is 1. The van der Waals surface area contributed by atoms with Crippen LogP contribution in [0.15, 0.2) is 50.0 Å². The number of benzene rings is 1. The van der Waals surface area contributed by atoms with Gasteiger partial charge in [0.25, 0.3) is 0 Å². The van der Waals surface area contributed by atoms with E-state index in [2.05, 4.69) is 28.1 Å². The summed E-state index contributed by atoms with van der Waals surface area (Å²) in [7, 11) is 0. The summed E-state index contributed by atoms with van der Waals surface area (Å²) < 4.78 is 2.17. The number of carbonyl (C=O) groups is 1. The van der Waals surface area contributed by atoms with Crippen LogP contribution in [0.1, 0.15) is 25.6 Å². The summed E-state index contributed by atoms with van der Waals surface area (Å²) in [5.74, 6) is 0. The van der Waals surface area contributed by atoms with Crippen molar-refractivity contribution < 1.29 is 9.90 Å². The highest BCUT2D eigenvalue weighted by Crippen LogP contribution is 2.40. The molecule has 0 bridgehead atoms. The number of hydrogen-bond donors (Lipinski definition) is 1. The van der Waals surface area contributed by atoms with Crippen LogP contribution in [0.2, 0.25) is 0 Å². The third-order valence-corrected chi connectivity index (χ3v) is 6.42. The van der Waals surface area contributed by atoms with Gasteiger partial charge in [-0.05, 0) is 39.5 Å². The Kier molecular flexibility index (Phi) is 6.17. The maximum absolute atomic E-state index is 11.5. The molecule has 0 saturated heterocycles. The van der Waals surface area contributed by atoms with Crippen LogP contribution in [0.5, 0.6) is 0 Å². The number of thiophene rings is 1. The van der Waals surface area contributed by atoms with Crippen molar-refractivity contribution >= 4 is 45.1 Å². The van der Waals surface area contributed by atoms with Gasteiger partial charge in [0.05, 0.1) is 10.8 Å². The van der Waals surface area contributed by atoms with Crippen molar-refractivity contribution in [2.24, 2.45) is 5.41 Å².